The Bertz CT molecular complexity index is 428. The molecule has 1 aromatic heterocycles. The van der Waals surface area contributed by atoms with Crippen LogP contribution in [0.3, 0.4) is 0 Å². The van der Waals surface area contributed by atoms with Gasteiger partial charge < -0.3 is 14.0 Å². The van der Waals surface area contributed by atoms with Crippen molar-refractivity contribution in [2.75, 3.05) is 20.3 Å². The van der Waals surface area contributed by atoms with E-state index in [9.17, 15) is 4.79 Å². The molecule has 0 aliphatic carbocycles. The SMILES string of the molecule is COC(=O)C(c1cc(OCCCOSOI)no1)C(C)C. The molecule has 9 heteroatoms. The third kappa shape index (κ3) is 6.41. The number of esters is 1. The fourth-order valence-electron chi connectivity index (χ4n) is 1.68. The molecule has 1 aromatic rings. The standard InChI is InChI=1S/C12H18INO6S/c1-8(2)11(12(15)16-3)9-7-10(14-19-9)17-5-4-6-18-21-20-13/h7-8,11H,4-6H2,1-3H3. The van der Waals surface area contributed by atoms with Crippen molar-refractivity contribution in [1.82, 2.24) is 5.16 Å². The summed E-state index contributed by atoms with van der Waals surface area (Å²) < 4.78 is 25.1. The molecular formula is C12H18INO6S. The molecule has 0 saturated carbocycles. The zero-order chi connectivity index (χ0) is 15.7. The van der Waals surface area contributed by atoms with Gasteiger partial charge in [0.05, 0.1) is 20.3 Å². The van der Waals surface area contributed by atoms with Gasteiger partial charge in [0.25, 0.3) is 5.88 Å². The lowest BCUT2D eigenvalue weighted by molar-refractivity contribution is -0.144. The van der Waals surface area contributed by atoms with Crippen molar-refractivity contribution < 1.29 is 25.5 Å². The molecule has 1 unspecified atom stereocenters. The topological polar surface area (TPSA) is 80.0 Å². The van der Waals surface area contributed by atoms with E-state index >= 15 is 0 Å². The van der Waals surface area contributed by atoms with Crippen LogP contribution in [-0.2, 0) is 16.2 Å². The lowest BCUT2D eigenvalue weighted by Crippen LogP contribution is -2.19. The summed E-state index contributed by atoms with van der Waals surface area (Å²) in [5.41, 5.74) is 0. The fraction of sp³-hybridized carbons (Fsp3) is 0.667. The number of carbonyl (C=O) groups is 1. The minimum Gasteiger partial charge on any atom is -0.475 e. The monoisotopic (exact) mass is 431 g/mol. The first-order valence-electron chi connectivity index (χ1n) is 6.34. The Morgan fingerprint density at radius 3 is 2.86 bits per heavy atom. The van der Waals surface area contributed by atoms with Crippen molar-refractivity contribution in [1.29, 1.82) is 0 Å². The van der Waals surface area contributed by atoms with Gasteiger partial charge in [0, 0.05) is 12.5 Å². The minimum absolute atomic E-state index is 0.0388. The van der Waals surface area contributed by atoms with Crippen LogP contribution in [0.15, 0.2) is 10.6 Å². The van der Waals surface area contributed by atoms with E-state index in [2.05, 4.69) is 7.67 Å². The van der Waals surface area contributed by atoms with E-state index in [1.807, 2.05) is 13.8 Å². The largest absolute Gasteiger partial charge is 0.475 e. The van der Waals surface area contributed by atoms with Crippen LogP contribution >= 0.6 is 35.3 Å². The van der Waals surface area contributed by atoms with Crippen LogP contribution in [0.1, 0.15) is 31.9 Å². The smallest absolute Gasteiger partial charge is 0.316 e. The molecule has 120 valence electrons. The Balaban J connectivity index is 2.46. The lowest BCUT2D eigenvalue weighted by atomic mass is 9.93. The normalized spacial score (nSPS) is 12.4. The number of carbonyl (C=O) groups excluding carboxylic acids is 1. The number of hydrogen-bond acceptors (Lipinski definition) is 8. The van der Waals surface area contributed by atoms with Gasteiger partial charge in [-0.05, 0) is 11.1 Å². The number of halogens is 1. The third-order valence-corrected chi connectivity index (χ3v) is 3.39. The first-order chi connectivity index (χ1) is 10.1. The van der Waals surface area contributed by atoms with Crippen LogP contribution in [-0.4, -0.2) is 31.4 Å². The van der Waals surface area contributed by atoms with E-state index in [1.165, 1.54) is 7.11 Å². The summed E-state index contributed by atoms with van der Waals surface area (Å²) in [5.74, 6) is -0.0106. The summed E-state index contributed by atoms with van der Waals surface area (Å²) in [6, 6.07) is 1.62. The summed E-state index contributed by atoms with van der Waals surface area (Å²) in [4.78, 5) is 11.7. The lowest BCUT2D eigenvalue weighted by Gasteiger charge is -2.14. The van der Waals surface area contributed by atoms with Gasteiger partial charge >= 0.3 is 5.97 Å². The second-order valence-corrected chi connectivity index (χ2v) is 6.04. The number of aromatic nitrogens is 1. The van der Waals surface area contributed by atoms with Gasteiger partial charge in [0.15, 0.2) is 18.1 Å². The summed E-state index contributed by atoms with van der Waals surface area (Å²) in [7, 11) is 1.35. The first-order valence-corrected chi connectivity index (χ1v) is 7.89. The molecule has 0 N–H and O–H groups in total. The number of nitrogens with zero attached hydrogens (tertiary/aromatic N) is 1. The number of ether oxygens (including phenoxy) is 2. The summed E-state index contributed by atoms with van der Waals surface area (Å²) in [6.07, 6.45) is 0.680. The summed E-state index contributed by atoms with van der Waals surface area (Å²) in [6.45, 7) is 4.75. The molecule has 0 aromatic carbocycles. The molecule has 0 aliphatic rings. The quantitative estimate of drug-likeness (QED) is 0.242. The highest BCUT2D eigenvalue weighted by molar-refractivity contribution is 14.1. The molecule has 1 rings (SSSR count). The molecule has 0 amide bonds. The van der Waals surface area contributed by atoms with E-state index in [0.29, 0.717) is 31.3 Å². The molecule has 21 heavy (non-hydrogen) atoms. The highest BCUT2D eigenvalue weighted by Gasteiger charge is 2.29. The summed E-state index contributed by atoms with van der Waals surface area (Å²) >= 11 is 2.64. The van der Waals surface area contributed by atoms with Crippen molar-refractivity contribution >= 4 is 41.3 Å². The number of rotatable bonds is 10. The Labute approximate surface area is 142 Å². The highest BCUT2D eigenvalue weighted by atomic mass is 127. The van der Waals surface area contributed by atoms with Crippen LogP contribution in [0.25, 0.3) is 0 Å². The second-order valence-electron chi connectivity index (χ2n) is 4.47. The maximum Gasteiger partial charge on any atom is 0.316 e. The maximum absolute atomic E-state index is 11.7. The molecule has 0 bridgehead atoms. The predicted octanol–water partition coefficient (Wildman–Crippen LogP) is 3.30. The molecule has 0 aliphatic heterocycles. The van der Waals surface area contributed by atoms with Gasteiger partial charge in [0.2, 0.25) is 0 Å². The van der Waals surface area contributed by atoms with Crippen LogP contribution in [0.4, 0.5) is 0 Å². The maximum atomic E-state index is 11.7. The van der Waals surface area contributed by atoms with E-state index in [-0.39, 0.29) is 11.9 Å². The second kappa shape index (κ2) is 10.2. The minimum atomic E-state index is -0.486. The predicted molar refractivity (Wildman–Crippen MR) is 84.9 cm³/mol. The van der Waals surface area contributed by atoms with Crippen LogP contribution in [0.5, 0.6) is 5.88 Å². The first kappa shape index (κ1) is 18.5. The van der Waals surface area contributed by atoms with Gasteiger partial charge in [-0.25, -0.2) is 2.51 Å². The van der Waals surface area contributed by atoms with Crippen molar-refractivity contribution in [2.24, 2.45) is 5.92 Å². The van der Waals surface area contributed by atoms with Crippen molar-refractivity contribution in [3.05, 3.63) is 11.8 Å². The zero-order valence-electron chi connectivity index (χ0n) is 12.0. The zero-order valence-corrected chi connectivity index (χ0v) is 15.0. The molecule has 1 heterocycles. The Morgan fingerprint density at radius 1 is 1.48 bits per heavy atom. The molecule has 0 saturated heterocycles. The van der Waals surface area contributed by atoms with Gasteiger partial charge in [0.1, 0.15) is 28.9 Å². The van der Waals surface area contributed by atoms with Crippen LogP contribution in [0, 0.1) is 5.92 Å². The molecule has 7 nitrogen and oxygen atoms in total. The fourth-order valence-corrected chi connectivity index (χ4v) is 2.21. The van der Waals surface area contributed by atoms with E-state index < -0.39 is 5.92 Å². The molecule has 0 radical (unpaired) electrons. The van der Waals surface area contributed by atoms with E-state index in [1.54, 1.807) is 29.1 Å². The Kier molecular flexibility index (Phi) is 9.04. The van der Waals surface area contributed by atoms with Crippen LogP contribution < -0.4 is 4.74 Å². The molecule has 0 fully saturated rings. The highest BCUT2D eigenvalue weighted by Crippen LogP contribution is 2.28. The van der Waals surface area contributed by atoms with Crippen LogP contribution in [0.2, 0.25) is 0 Å². The van der Waals surface area contributed by atoms with Gasteiger partial charge in [-0.1, -0.05) is 13.8 Å². The van der Waals surface area contributed by atoms with E-state index in [0.717, 1.165) is 12.3 Å². The molecule has 0 spiro atoms. The van der Waals surface area contributed by atoms with Crippen molar-refractivity contribution in [2.45, 2.75) is 26.2 Å². The third-order valence-electron chi connectivity index (χ3n) is 2.63. The summed E-state index contributed by atoms with van der Waals surface area (Å²) in [5, 5.41) is 3.79. The number of hydrogen-bond donors (Lipinski definition) is 0. The average molecular weight is 431 g/mol. The Hall–Kier alpha value is -0.520. The molecule has 1 atom stereocenters. The van der Waals surface area contributed by atoms with Gasteiger partial charge in [-0.15, -0.1) is 0 Å². The van der Waals surface area contributed by atoms with E-state index in [4.69, 9.17) is 18.2 Å². The van der Waals surface area contributed by atoms with Crippen molar-refractivity contribution in [3.63, 3.8) is 0 Å². The molecular weight excluding hydrogens is 413 g/mol. The Morgan fingerprint density at radius 2 is 2.24 bits per heavy atom. The average Bonchev–Trinajstić information content (AvgIpc) is 2.90. The number of methoxy groups -OCH3 is 1. The van der Waals surface area contributed by atoms with Gasteiger partial charge in [-0.2, -0.15) is 0 Å². The van der Waals surface area contributed by atoms with Gasteiger partial charge in [-0.3, -0.25) is 8.98 Å². The van der Waals surface area contributed by atoms with Crippen molar-refractivity contribution in [3.8, 4) is 5.88 Å².